The largest absolute Gasteiger partial charge is 0.416 e. The fourth-order valence-corrected chi connectivity index (χ4v) is 2.50. The monoisotopic (exact) mass is 344 g/mol. The van der Waals surface area contributed by atoms with E-state index in [1.54, 1.807) is 11.0 Å². The van der Waals surface area contributed by atoms with E-state index >= 15 is 0 Å². The number of hydrogen-bond acceptors (Lipinski definition) is 3. The molecule has 9 heteroatoms. The molecule has 1 aliphatic heterocycles. The number of imide groups is 1. The van der Waals surface area contributed by atoms with Gasteiger partial charge in [-0.05, 0) is 18.2 Å². The summed E-state index contributed by atoms with van der Waals surface area (Å²) in [6.45, 7) is 1.45. The van der Waals surface area contributed by atoms with Crippen LogP contribution in [0.2, 0.25) is 0 Å². The van der Waals surface area contributed by atoms with E-state index in [9.17, 15) is 22.8 Å². The van der Waals surface area contributed by atoms with Gasteiger partial charge in [0.25, 0.3) is 0 Å². The molecular formula is C15H19F3N4O2. The van der Waals surface area contributed by atoms with Crippen LogP contribution in [0.15, 0.2) is 24.3 Å². The van der Waals surface area contributed by atoms with Crippen LogP contribution >= 0.6 is 0 Å². The van der Waals surface area contributed by atoms with Crippen molar-refractivity contribution >= 4 is 17.7 Å². The van der Waals surface area contributed by atoms with Gasteiger partial charge in [0.05, 0.1) is 5.56 Å². The summed E-state index contributed by atoms with van der Waals surface area (Å²) in [5.74, 6) is 0. The molecule has 2 rings (SSSR count). The molecular weight excluding hydrogens is 325 g/mol. The van der Waals surface area contributed by atoms with Gasteiger partial charge in [0.2, 0.25) is 0 Å². The van der Waals surface area contributed by atoms with E-state index in [4.69, 9.17) is 0 Å². The minimum Gasteiger partial charge on any atom is -0.368 e. The number of benzene rings is 1. The summed E-state index contributed by atoms with van der Waals surface area (Å²) in [5, 5.41) is 2.36. The first-order valence-corrected chi connectivity index (χ1v) is 7.40. The quantitative estimate of drug-likeness (QED) is 0.850. The van der Waals surface area contributed by atoms with Crippen molar-refractivity contribution < 1.29 is 22.8 Å². The number of halogens is 3. The average molecular weight is 344 g/mol. The Labute approximate surface area is 137 Å². The number of piperazine rings is 1. The highest BCUT2D eigenvalue weighted by atomic mass is 19.4. The summed E-state index contributed by atoms with van der Waals surface area (Å²) in [5.41, 5.74) is -0.227. The molecule has 0 aromatic heterocycles. The van der Waals surface area contributed by atoms with Gasteiger partial charge in [-0.3, -0.25) is 0 Å². The lowest BCUT2D eigenvalue weighted by Crippen LogP contribution is -2.54. The topological polar surface area (TPSA) is 55.9 Å². The molecule has 1 aromatic rings. The number of alkyl halides is 3. The van der Waals surface area contributed by atoms with E-state index in [0.29, 0.717) is 31.9 Å². The van der Waals surface area contributed by atoms with Gasteiger partial charge in [-0.25, -0.2) is 14.5 Å². The number of carbonyl (C=O) groups excluding carboxylic acids is 2. The molecule has 4 amide bonds. The van der Waals surface area contributed by atoms with E-state index in [-0.39, 0.29) is 0 Å². The second-order valence-corrected chi connectivity index (χ2v) is 5.42. The molecule has 132 valence electrons. The molecule has 1 fully saturated rings. The SMILES string of the molecule is CNC(=O)N(C)C(=O)N1CCN(c2cccc(C(F)(F)F)c2)CC1. The van der Waals surface area contributed by atoms with E-state index in [1.807, 2.05) is 0 Å². The first kappa shape index (κ1) is 17.9. The standard InChI is InChI=1S/C15H19F3N4O2/c1-19-13(23)20(2)14(24)22-8-6-21(7-9-22)12-5-3-4-11(10-12)15(16,17)18/h3-5,10H,6-9H2,1-2H3,(H,19,23). The third kappa shape index (κ3) is 3.90. The van der Waals surface area contributed by atoms with Gasteiger partial charge < -0.3 is 15.1 Å². The lowest BCUT2D eigenvalue weighted by atomic mass is 10.1. The van der Waals surface area contributed by atoms with E-state index < -0.39 is 23.8 Å². The molecule has 1 saturated heterocycles. The van der Waals surface area contributed by atoms with Crippen LogP contribution in [0.5, 0.6) is 0 Å². The highest BCUT2D eigenvalue weighted by Crippen LogP contribution is 2.31. The normalized spacial score (nSPS) is 15.2. The number of urea groups is 2. The molecule has 0 radical (unpaired) electrons. The maximum absolute atomic E-state index is 12.8. The van der Waals surface area contributed by atoms with Gasteiger partial charge >= 0.3 is 18.2 Å². The molecule has 0 bridgehead atoms. The van der Waals surface area contributed by atoms with Crippen molar-refractivity contribution in [2.24, 2.45) is 0 Å². The maximum Gasteiger partial charge on any atom is 0.416 e. The molecule has 0 spiro atoms. The lowest BCUT2D eigenvalue weighted by molar-refractivity contribution is -0.137. The van der Waals surface area contributed by atoms with Gasteiger partial charge in [-0.1, -0.05) is 6.07 Å². The van der Waals surface area contributed by atoms with E-state index in [2.05, 4.69) is 5.32 Å². The smallest absolute Gasteiger partial charge is 0.368 e. The molecule has 1 N–H and O–H groups in total. The number of amides is 4. The first-order valence-electron chi connectivity index (χ1n) is 7.40. The molecule has 1 aromatic carbocycles. The molecule has 1 aliphatic rings. The Morgan fingerprint density at radius 2 is 1.79 bits per heavy atom. The van der Waals surface area contributed by atoms with Gasteiger partial charge in [-0.15, -0.1) is 0 Å². The zero-order chi connectivity index (χ0) is 17.9. The molecule has 6 nitrogen and oxygen atoms in total. The Balaban J connectivity index is 2.00. The summed E-state index contributed by atoms with van der Waals surface area (Å²) >= 11 is 0. The first-order chi connectivity index (χ1) is 11.2. The lowest BCUT2D eigenvalue weighted by Gasteiger charge is -2.37. The predicted molar refractivity (Wildman–Crippen MR) is 82.8 cm³/mol. The zero-order valence-electron chi connectivity index (χ0n) is 13.4. The number of hydrogen-bond donors (Lipinski definition) is 1. The average Bonchev–Trinajstić information content (AvgIpc) is 2.59. The maximum atomic E-state index is 12.8. The van der Waals surface area contributed by atoms with Crippen molar-refractivity contribution in [3.63, 3.8) is 0 Å². The Morgan fingerprint density at radius 1 is 1.17 bits per heavy atom. The van der Waals surface area contributed by atoms with Crippen molar-refractivity contribution in [2.45, 2.75) is 6.18 Å². The Morgan fingerprint density at radius 3 is 2.33 bits per heavy atom. The van der Waals surface area contributed by atoms with Crippen molar-refractivity contribution in [1.29, 1.82) is 0 Å². The summed E-state index contributed by atoms with van der Waals surface area (Å²) in [7, 11) is 2.80. The second-order valence-electron chi connectivity index (χ2n) is 5.42. The summed E-state index contributed by atoms with van der Waals surface area (Å²) in [6.07, 6.45) is -4.38. The Hall–Kier alpha value is -2.45. The minimum atomic E-state index is -4.38. The van der Waals surface area contributed by atoms with E-state index in [1.165, 1.54) is 25.1 Å². The van der Waals surface area contributed by atoms with Crippen LogP contribution in [0, 0.1) is 0 Å². The highest BCUT2D eigenvalue weighted by molar-refractivity contribution is 5.93. The van der Waals surface area contributed by atoms with Gasteiger partial charge in [0.1, 0.15) is 0 Å². The fraction of sp³-hybridized carbons (Fsp3) is 0.467. The minimum absolute atomic E-state index is 0.330. The fourth-order valence-electron chi connectivity index (χ4n) is 2.50. The van der Waals surface area contributed by atoms with Gasteiger partial charge in [-0.2, -0.15) is 13.2 Å². The van der Waals surface area contributed by atoms with Crippen LogP contribution in [0.1, 0.15) is 5.56 Å². The van der Waals surface area contributed by atoms with Crippen LogP contribution < -0.4 is 10.2 Å². The Bertz CT molecular complexity index is 613. The number of rotatable bonds is 1. The summed E-state index contributed by atoms with van der Waals surface area (Å²) < 4.78 is 38.4. The van der Waals surface area contributed by atoms with Crippen molar-refractivity contribution in [1.82, 2.24) is 15.1 Å². The van der Waals surface area contributed by atoms with Crippen molar-refractivity contribution in [3.05, 3.63) is 29.8 Å². The van der Waals surface area contributed by atoms with Crippen molar-refractivity contribution in [3.8, 4) is 0 Å². The number of nitrogens with zero attached hydrogens (tertiary/aromatic N) is 3. The molecule has 0 atom stereocenters. The molecule has 1 heterocycles. The van der Waals surface area contributed by atoms with E-state index in [0.717, 1.165) is 17.0 Å². The third-order valence-corrected chi connectivity index (χ3v) is 3.89. The zero-order valence-corrected chi connectivity index (χ0v) is 13.4. The van der Waals surface area contributed by atoms with Crippen LogP contribution in [0.4, 0.5) is 28.4 Å². The van der Waals surface area contributed by atoms with Crippen LogP contribution in [-0.2, 0) is 6.18 Å². The number of nitrogens with one attached hydrogen (secondary N) is 1. The van der Waals surface area contributed by atoms with Gasteiger partial charge in [0, 0.05) is 46.0 Å². The molecule has 24 heavy (non-hydrogen) atoms. The van der Waals surface area contributed by atoms with Gasteiger partial charge in [0.15, 0.2) is 0 Å². The third-order valence-electron chi connectivity index (χ3n) is 3.89. The Kier molecular flexibility index (Phi) is 5.20. The highest BCUT2D eigenvalue weighted by Gasteiger charge is 2.31. The van der Waals surface area contributed by atoms with Crippen LogP contribution in [-0.4, -0.2) is 62.1 Å². The summed E-state index contributed by atoms with van der Waals surface area (Å²) in [4.78, 5) is 27.9. The number of carbonyl (C=O) groups is 2. The predicted octanol–water partition coefficient (Wildman–Crippen LogP) is 2.22. The second kappa shape index (κ2) is 6.98. The molecule has 0 aliphatic carbocycles. The van der Waals surface area contributed by atoms with Crippen molar-refractivity contribution in [2.75, 3.05) is 45.2 Å². The summed E-state index contributed by atoms with van der Waals surface area (Å²) in [6, 6.07) is 4.17. The molecule has 0 unspecified atom stereocenters. The van der Waals surface area contributed by atoms with Crippen LogP contribution in [0.25, 0.3) is 0 Å². The molecule has 0 saturated carbocycles. The number of anilines is 1. The van der Waals surface area contributed by atoms with Crippen LogP contribution in [0.3, 0.4) is 0 Å².